The normalized spacial score (nSPS) is 10.7. The SMILES string of the molecule is COC(=O)c1cc([N+](=O)[O-])c(=O)n(Cc2csc(N(C(C)=O)c3c(C)cc(C)cc3C)n2)c1. The molecule has 0 radical (unpaired) electrons. The summed E-state index contributed by atoms with van der Waals surface area (Å²) in [5.41, 5.74) is 2.28. The van der Waals surface area contributed by atoms with Gasteiger partial charge in [0.2, 0.25) is 5.91 Å². The highest BCUT2D eigenvalue weighted by Gasteiger charge is 2.24. The van der Waals surface area contributed by atoms with Gasteiger partial charge in [-0.2, -0.15) is 0 Å². The third-order valence-corrected chi connectivity index (χ3v) is 5.80. The van der Waals surface area contributed by atoms with E-state index in [1.807, 2.05) is 32.9 Å². The molecule has 0 aliphatic heterocycles. The minimum absolute atomic E-state index is 0.126. The van der Waals surface area contributed by atoms with Crippen LogP contribution in [0.25, 0.3) is 0 Å². The van der Waals surface area contributed by atoms with Crippen molar-refractivity contribution in [3.05, 3.63) is 78.2 Å². The molecule has 0 spiro atoms. The fraction of sp³-hybridized carbons (Fsp3) is 0.273. The predicted molar refractivity (Wildman–Crippen MR) is 123 cm³/mol. The van der Waals surface area contributed by atoms with E-state index < -0.39 is 22.1 Å². The van der Waals surface area contributed by atoms with E-state index in [4.69, 9.17) is 0 Å². The Morgan fingerprint density at radius 3 is 2.39 bits per heavy atom. The maximum atomic E-state index is 12.5. The molecule has 1 aromatic carbocycles. The molecule has 0 saturated heterocycles. The quantitative estimate of drug-likeness (QED) is 0.306. The lowest BCUT2D eigenvalue weighted by Gasteiger charge is -2.23. The van der Waals surface area contributed by atoms with Gasteiger partial charge in [-0.05, 0) is 31.9 Å². The van der Waals surface area contributed by atoms with Gasteiger partial charge >= 0.3 is 17.2 Å². The van der Waals surface area contributed by atoms with Crippen molar-refractivity contribution in [2.45, 2.75) is 34.2 Å². The average molecular weight is 471 g/mol. The Bertz CT molecular complexity index is 1300. The van der Waals surface area contributed by atoms with E-state index in [-0.39, 0.29) is 18.0 Å². The lowest BCUT2D eigenvalue weighted by molar-refractivity contribution is -0.386. The third kappa shape index (κ3) is 4.82. The number of anilines is 2. The summed E-state index contributed by atoms with van der Waals surface area (Å²) in [6, 6.07) is 4.84. The van der Waals surface area contributed by atoms with E-state index in [1.54, 1.807) is 5.38 Å². The number of pyridine rings is 1. The number of ether oxygens (including phenoxy) is 1. The highest BCUT2D eigenvalue weighted by molar-refractivity contribution is 7.14. The largest absolute Gasteiger partial charge is 0.465 e. The van der Waals surface area contributed by atoms with Gasteiger partial charge in [0.05, 0.1) is 35.5 Å². The van der Waals surface area contributed by atoms with E-state index in [0.29, 0.717) is 10.8 Å². The fourth-order valence-electron chi connectivity index (χ4n) is 3.66. The molecule has 0 aliphatic carbocycles. The molecule has 0 N–H and O–H groups in total. The summed E-state index contributed by atoms with van der Waals surface area (Å²) in [5, 5.41) is 13.3. The molecular formula is C22H22N4O6S. The van der Waals surface area contributed by atoms with Crippen LogP contribution >= 0.6 is 11.3 Å². The van der Waals surface area contributed by atoms with Gasteiger partial charge in [-0.3, -0.25) is 24.6 Å². The predicted octanol–water partition coefficient (Wildman–Crippen LogP) is 3.66. The second-order valence-corrected chi connectivity index (χ2v) is 8.36. The van der Waals surface area contributed by atoms with E-state index in [2.05, 4.69) is 9.72 Å². The number of aryl methyl sites for hydroxylation is 3. The van der Waals surface area contributed by atoms with Crippen LogP contribution in [0.3, 0.4) is 0 Å². The minimum atomic E-state index is -0.879. The Labute approximate surface area is 193 Å². The standard InChI is InChI=1S/C22H22N4O6S/c1-12-6-13(2)19(14(3)7-12)25(15(4)27)22-23-17(11-33-22)10-24-9-16(21(29)32-5)8-18(20(24)28)26(30)31/h6-9,11H,10H2,1-5H3. The smallest absolute Gasteiger partial charge is 0.339 e. The van der Waals surface area contributed by atoms with Gasteiger partial charge in [0.25, 0.3) is 0 Å². The number of benzene rings is 1. The lowest BCUT2D eigenvalue weighted by atomic mass is 10.0. The highest BCUT2D eigenvalue weighted by Crippen LogP contribution is 2.34. The van der Waals surface area contributed by atoms with Crippen LogP contribution in [-0.2, 0) is 16.1 Å². The number of rotatable bonds is 6. The molecular weight excluding hydrogens is 448 g/mol. The maximum absolute atomic E-state index is 12.5. The van der Waals surface area contributed by atoms with Gasteiger partial charge in [-0.1, -0.05) is 17.7 Å². The fourth-order valence-corrected chi connectivity index (χ4v) is 4.52. The van der Waals surface area contributed by atoms with Crippen molar-refractivity contribution in [3.8, 4) is 0 Å². The van der Waals surface area contributed by atoms with Crippen molar-refractivity contribution < 1.29 is 19.2 Å². The van der Waals surface area contributed by atoms with E-state index in [9.17, 15) is 24.5 Å². The second kappa shape index (κ2) is 9.33. The Kier molecular flexibility index (Phi) is 6.73. The number of methoxy groups -OCH3 is 1. The van der Waals surface area contributed by atoms with Gasteiger partial charge in [0.1, 0.15) is 0 Å². The first-order valence-electron chi connectivity index (χ1n) is 9.83. The number of hydrogen-bond donors (Lipinski definition) is 0. The summed E-state index contributed by atoms with van der Waals surface area (Å²) in [6.07, 6.45) is 1.19. The number of nitro groups is 1. The molecule has 3 rings (SSSR count). The van der Waals surface area contributed by atoms with Gasteiger partial charge in [0.15, 0.2) is 5.13 Å². The molecule has 0 saturated carbocycles. The molecule has 33 heavy (non-hydrogen) atoms. The Morgan fingerprint density at radius 2 is 1.85 bits per heavy atom. The molecule has 172 valence electrons. The second-order valence-electron chi connectivity index (χ2n) is 7.52. The van der Waals surface area contributed by atoms with Gasteiger partial charge in [0, 0.05) is 24.6 Å². The number of carbonyl (C=O) groups excluding carboxylic acids is 2. The molecule has 0 fully saturated rings. The zero-order valence-electron chi connectivity index (χ0n) is 18.7. The summed E-state index contributed by atoms with van der Waals surface area (Å²) >= 11 is 1.21. The van der Waals surface area contributed by atoms with Crippen molar-refractivity contribution >= 4 is 39.7 Å². The molecule has 1 amide bonds. The van der Waals surface area contributed by atoms with Gasteiger partial charge in [-0.25, -0.2) is 9.78 Å². The van der Waals surface area contributed by atoms with Crippen LogP contribution in [-0.4, -0.2) is 33.5 Å². The first kappa shape index (κ1) is 23.8. The molecule has 2 aromatic heterocycles. The summed E-state index contributed by atoms with van der Waals surface area (Å²) in [6.45, 7) is 7.11. The summed E-state index contributed by atoms with van der Waals surface area (Å²) in [4.78, 5) is 53.4. The Morgan fingerprint density at radius 1 is 1.21 bits per heavy atom. The summed E-state index contributed by atoms with van der Waals surface area (Å²) < 4.78 is 5.65. The molecule has 0 atom stereocenters. The van der Waals surface area contributed by atoms with Crippen LogP contribution in [0.1, 0.15) is 39.7 Å². The minimum Gasteiger partial charge on any atom is -0.465 e. The zero-order valence-corrected chi connectivity index (χ0v) is 19.6. The van der Waals surface area contributed by atoms with Crippen molar-refractivity contribution in [1.82, 2.24) is 9.55 Å². The van der Waals surface area contributed by atoms with Crippen molar-refractivity contribution in [2.75, 3.05) is 12.0 Å². The topological polar surface area (TPSA) is 125 Å². The van der Waals surface area contributed by atoms with Crippen molar-refractivity contribution in [1.29, 1.82) is 0 Å². The molecule has 0 aliphatic rings. The number of amides is 1. The molecule has 0 unspecified atom stereocenters. The third-order valence-electron chi connectivity index (χ3n) is 4.92. The maximum Gasteiger partial charge on any atom is 0.339 e. The van der Waals surface area contributed by atoms with E-state index in [0.717, 1.165) is 40.1 Å². The number of carbonyl (C=O) groups is 2. The van der Waals surface area contributed by atoms with E-state index in [1.165, 1.54) is 29.4 Å². The van der Waals surface area contributed by atoms with Crippen LogP contribution in [0.4, 0.5) is 16.5 Å². The van der Waals surface area contributed by atoms with Crippen LogP contribution in [0.2, 0.25) is 0 Å². The van der Waals surface area contributed by atoms with Crippen LogP contribution in [0.15, 0.2) is 34.6 Å². The number of thiazole rings is 1. The lowest BCUT2D eigenvalue weighted by Crippen LogP contribution is -2.26. The highest BCUT2D eigenvalue weighted by atomic mass is 32.1. The zero-order chi connectivity index (χ0) is 24.4. The number of aromatic nitrogens is 2. The first-order valence-corrected chi connectivity index (χ1v) is 10.7. The van der Waals surface area contributed by atoms with Gasteiger partial charge in [-0.15, -0.1) is 11.3 Å². The average Bonchev–Trinajstić information content (AvgIpc) is 3.18. The molecule has 0 bridgehead atoms. The molecule has 2 heterocycles. The number of nitrogens with zero attached hydrogens (tertiary/aromatic N) is 4. The summed E-state index contributed by atoms with van der Waals surface area (Å²) in [7, 11) is 1.14. The first-order chi connectivity index (χ1) is 15.5. The van der Waals surface area contributed by atoms with Crippen LogP contribution < -0.4 is 10.5 Å². The Balaban J connectivity index is 2.04. The summed E-state index contributed by atoms with van der Waals surface area (Å²) in [5.74, 6) is -1.04. The molecule has 11 heteroatoms. The number of esters is 1. The molecule has 3 aromatic rings. The number of hydrogen-bond acceptors (Lipinski definition) is 8. The van der Waals surface area contributed by atoms with Crippen LogP contribution in [0, 0.1) is 30.9 Å². The van der Waals surface area contributed by atoms with Crippen molar-refractivity contribution in [3.63, 3.8) is 0 Å². The molecule has 10 nitrogen and oxygen atoms in total. The van der Waals surface area contributed by atoms with Crippen molar-refractivity contribution in [2.24, 2.45) is 0 Å². The Hall–Kier alpha value is -3.86. The monoisotopic (exact) mass is 470 g/mol. The van der Waals surface area contributed by atoms with Crippen LogP contribution in [0.5, 0.6) is 0 Å². The van der Waals surface area contributed by atoms with Gasteiger partial charge < -0.3 is 9.30 Å². The van der Waals surface area contributed by atoms with E-state index >= 15 is 0 Å².